The van der Waals surface area contributed by atoms with Crippen molar-refractivity contribution >= 4 is 5.97 Å². The van der Waals surface area contributed by atoms with E-state index in [1.54, 1.807) is 18.2 Å². The number of furan rings is 1. The van der Waals surface area contributed by atoms with Crippen molar-refractivity contribution in [2.24, 2.45) is 0 Å². The molecular weight excluding hydrogens is 280 g/mol. The molecule has 1 N–H and O–H groups in total. The van der Waals surface area contributed by atoms with Crippen LogP contribution in [0.25, 0.3) is 0 Å². The molecule has 0 aliphatic heterocycles. The van der Waals surface area contributed by atoms with Gasteiger partial charge in [0.2, 0.25) is 5.76 Å². The van der Waals surface area contributed by atoms with Crippen molar-refractivity contribution in [3.63, 3.8) is 0 Å². The molecule has 1 aromatic heterocycles. The number of rotatable bonds is 8. The number of carbonyl (C=O) groups is 1. The Balaban J connectivity index is 2.17. The van der Waals surface area contributed by atoms with Gasteiger partial charge in [0.05, 0.1) is 18.3 Å². The zero-order valence-electron chi connectivity index (χ0n) is 12.4. The summed E-state index contributed by atoms with van der Waals surface area (Å²) in [6.07, 6.45) is 4.57. The normalized spacial score (nSPS) is 13.3. The van der Waals surface area contributed by atoms with E-state index in [-0.39, 0.29) is 19.0 Å². The third-order valence-electron chi connectivity index (χ3n) is 3.72. The second-order valence-corrected chi connectivity index (χ2v) is 5.19. The van der Waals surface area contributed by atoms with Crippen LogP contribution in [-0.2, 0) is 10.2 Å². The molecule has 1 aromatic carbocycles. The molecule has 2 rings (SSSR count). The quantitative estimate of drug-likeness (QED) is 0.600. The SMILES string of the molecule is C=CCCC(CO)(COC(=O)c1ccco1)c1ccccc1. The van der Waals surface area contributed by atoms with Gasteiger partial charge in [0.1, 0.15) is 6.61 Å². The Kier molecular flexibility index (Phi) is 5.55. The minimum atomic E-state index is -0.641. The van der Waals surface area contributed by atoms with Gasteiger partial charge in [-0.1, -0.05) is 36.4 Å². The summed E-state index contributed by atoms with van der Waals surface area (Å²) >= 11 is 0. The van der Waals surface area contributed by atoms with Crippen LogP contribution in [0.2, 0.25) is 0 Å². The van der Waals surface area contributed by atoms with Gasteiger partial charge in [-0.05, 0) is 30.5 Å². The van der Waals surface area contributed by atoms with Crippen LogP contribution in [0.1, 0.15) is 29.0 Å². The van der Waals surface area contributed by atoms with E-state index in [0.717, 1.165) is 5.56 Å². The van der Waals surface area contributed by atoms with Gasteiger partial charge in [0, 0.05) is 0 Å². The number of esters is 1. The maximum Gasteiger partial charge on any atom is 0.374 e. The fraction of sp³-hybridized carbons (Fsp3) is 0.278. The summed E-state index contributed by atoms with van der Waals surface area (Å²) in [6.45, 7) is 3.69. The van der Waals surface area contributed by atoms with Gasteiger partial charge in [0.25, 0.3) is 0 Å². The Bertz CT molecular complexity index is 589. The Morgan fingerprint density at radius 3 is 2.64 bits per heavy atom. The molecule has 0 bridgehead atoms. The van der Waals surface area contributed by atoms with Crippen LogP contribution in [0, 0.1) is 0 Å². The van der Waals surface area contributed by atoms with E-state index in [9.17, 15) is 9.90 Å². The summed E-state index contributed by atoms with van der Waals surface area (Å²) in [5, 5.41) is 9.95. The first-order valence-electron chi connectivity index (χ1n) is 7.20. The highest BCUT2D eigenvalue weighted by molar-refractivity contribution is 5.86. The third-order valence-corrected chi connectivity index (χ3v) is 3.72. The van der Waals surface area contributed by atoms with Gasteiger partial charge < -0.3 is 14.3 Å². The monoisotopic (exact) mass is 300 g/mol. The number of ether oxygens (including phenoxy) is 1. The highest BCUT2D eigenvalue weighted by Crippen LogP contribution is 2.30. The Hall–Kier alpha value is -2.33. The molecule has 0 amide bonds. The predicted molar refractivity (Wildman–Crippen MR) is 83.6 cm³/mol. The van der Waals surface area contributed by atoms with E-state index in [1.165, 1.54) is 6.26 Å². The van der Waals surface area contributed by atoms with E-state index in [1.807, 2.05) is 30.3 Å². The van der Waals surface area contributed by atoms with Crippen LogP contribution >= 0.6 is 0 Å². The molecule has 0 fully saturated rings. The van der Waals surface area contributed by atoms with Gasteiger partial charge in [0.15, 0.2) is 0 Å². The van der Waals surface area contributed by atoms with Crippen LogP contribution in [0.4, 0.5) is 0 Å². The number of allylic oxidation sites excluding steroid dienone is 1. The number of carbonyl (C=O) groups excluding carboxylic acids is 1. The number of aliphatic hydroxyl groups excluding tert-OH is 1. The van der Waals surface area contributed by atoms with Crippen LogP contribution in [-0.4, -0.2) is 24.3 Å². The zero-order valence-corrected chi connectivity index (χ0v) is 12.4. The van der Waals surface area contributed by atoms with E-state index in [4.69, 9.17) is 9.15 Å². The molecule has 2 aromatic rings. The van der Waals surface area contributed by atoms with Crippen molar-refractivity contribution in [2.45, 2.75) is 18.3 Å². The molecule has 1 unspecified atom stereocenters. The lowest BCUT2D eigenvalue weighted by atomic mass is 9.78. The Labute approximate surface area is 130 Å². The first-order valence-corrected chi connectivity index (χ1v) is 7.20. The molecule has 0 aliphatic carbocycles. The van der Waals surface area contributed by atoms with Crippen molar-refractivity contribution in [1.29, 1.82) is 0 Å². The maximum absolute atomic E-state index is 12.0. The summed E-state index contributed by atoms with van der Waals surface area (Å²) in [5.41, 5.74) is 0.295. The summed E-state index contributed by atoms with van der Waals surface area (Å²) in [4.78, 5) is 12.0. The number of hydrogen-bond acceptors (Lipinski definition) is 4. The van der Waals surface area contributed by atoms with Crippen LogP contribution in [0.3, 0.4) is 0 Å². The van der Waals surface area contributed by atoms with Crippen molar-refractivity contribution in [3.8, 4) is 0 Å². The van der Waals surface area contributed by atoms with Gasteiger partial charge in [-0.25, -0.2) is 4.79 Å². The molecule has 0 saturated carbocycles. The summed E-state index contributed by atoms with van der Waals surface area (Å²) < 4.78 is 10.4. The molecular formula is C18H20O4. The van der Waals surface area contributed by atoms with Crippen LogP contribution < -0.4 is 0 Å². The average molecular weight is 300 g/mol. The first kappa shape index (κ1) is 16.0. The standard InChI is InChI=1S/C18H20O4/c1-2-3-11-18(13-19,15-8-5-4-6-9-15)14-22-17(20)16-10-7-12-21-16/h2,4-10,12,19H,1,3,11,13-14H2. The van der Waals surface area contributed by atoms with Gasteiger partial charge in [-0.3, -0.25) is 0 Å². The lowest BCUT2D eigenvalue weighted by Gasteiger charge is -2.31. The first-order chi connectivity index (χ1) is 10.7. The second-order valence-electron chi connectivity index (χ2n) is 5.19. The summed E-state index contributed by atoms with van der Waals surface area (Å²) in [7, 11) is 0. The number of aliphatic hydroxyl groups is 1. The molecule has 4 heteroatoms. The average Bonchev–Trinajstić information content (AvgIpc) is 3.11. The van der Waals surface area contributed by atoms with E-state index in [0.29, 0.717) is 12.8 Å². The molecule has 1 atom stereocenters. The third kappa shape index (κ3) is 3.65. The molecule has 0 saturated heterocycles. The van der Waals surface area contributed by atoms with Crippen molar-refractivity contribution < 1.29 is 19.1 Å². The Morgan fingerprint density at radius 2 is 2.05 bits per heavy atom. The van der Waals surface area contributed by atoms with Gasteiger partial charge >= 0.3 is 5.97 Å². The predicted octanol–water partition coefficient (Wildman–Crippen LogP) is 3.33. The smallest absolute Gasteiger partial charge is 0.374 e. The van der Waals surface area contributed by atoms with Crippen molar-refractivity contribution in [3.05, 3.63) is 72.7 Å². The number of benzene rings is 1. The zero-order chi connectivity index (χ0) is 15.8. The molecule has 116 valence electrons. The van der Waals surface area contributed by atoms with Gasteiger partial charge in [-0.2, -0.15) is 0 Å². The lowest BCUT2D eigenvalue weighted by molar-refractivity contribution is 0.0270. The molecule has 1 heterocycles. The minimum absolute atomic E-state index is 0.0842. The van der Waals surface area contributed by atoms with E-state index < -0.39 is 11.4 Å². The topological polar surface area (TPSA) is 59.7 Å². The summed E-state index contributed by atoms with van der Waals surface area (Å²) in [5.74, 6) is -0.374. The number of hydrogen-bond donors (Lipinski definition) is 1. The fourth-order valence-electron chi connectivity index (χ4n) is 2.36. The lowest BCUT2D eigenvalue weighted by Crippen LogP contribution is -2.37. The van der Waals surface area contributed by atoms with Crippen molar-refractivity contribution in [2.75, 3.05) is 13.2 Å². The molecule has 0 spiro atoms. The second kappa shape index (κ2) is 7.61. The molecule has 0 radical (unpaired) electrons. The Morgan fingerprint density at radius 1 is 1.27 bits per heavy atom. The highest BCUT2D eigenvalue weighted by atomic mass is 16.5. The summed E-state index contributed by atoms with van der Waals surface area (Å²) in [6, 6.07) is 12.8. The van der Waals surface area contributed by atoms with E-state index in [2.05, 4.69) is 6.58 Å². The minimum Gasteiger partial charge on any atom is -0.459 e. The maximum atomic E-state index is 12.0. The highest BCUT2D eigenvalue weighted by Gasteiger charge is 2.33. The largest absolute Gasteiger partial charge is 0.459 e. The molecule has 4 nitrogen and oxygen atoms in total. The van der Waals surface area contributed by atoms with Crippen molar-refractivity contribution in [1.82, 2.24) is 0 Å². The molecule has 0 aliphatic rings. The van der Waals surface area contributed by atoms with E-state index >= 15 is 0 Å². The van der Waals surface area contributed by atoms with Crippen LogP contribution in [0.15, 0.2) is 65.8 Å². The van der Waals surface area contributed by atoms with Gasteiger partial charge in [-0.15, -0.1) is 6.58 Å². The molecule has 22 heavy (non-hydrogen) atoms. The fourth-order valence-corrected chi connectivity index (χ4v) is 2.36. The van der Waals surface area contributed by atoms with Crippen LogP contribution in [0.5, 0.6) is 0 Å².